The van der Waals surface area contributed by atoms with Crippen LogP contribution in [0.2, 0.25) is 0 Å². The number of hydrogen-bond acceptors (Lipinski definition) is 3. The van der Waals surface area contributed by atoms with E-state index >= 15 is 0 Å². The SMILES string of the molecule is CC(C(=O)O)n1ccc2ncccc2c1=O.Cl. The van der Waals surface area contributed by atoms with Gasteiger partial charge in [-0.2, -0.15) is 0 Å². The summed E-state index contributed by atoms with van der Waals surface area (Å²) in [5, 5.41) is 9.29. The first-order valence-corrected chi connectivity index (χ1v) is 4.80. The van der Waals surface area contributed by atoms with Crippen molar-refractivity contribution in [3.63, 3.8) is 0 Å². The first-order chi connectivity index (χ1) is 7.61. The van der Waals surface area contributed by atoms with Gasteiger partial charge in [-0.15, -0.1) is 12.4 Å². The topological polar surface area (TPSA) is 72.2 Å². The van der Waals surface area contributed by atoms with Gasteiger partial charge in [0.1, 0.15) is 6.04 Å². The van der Waals surface area contributed by atoms with Crippen LogP contribution in [0.15, 0.2) is 35.4 Å². The number of halogens is 1. The molecule has 0 aliphatic heterocycles. The molecular weight excluding hydrogens is 244 g/mol. The first-order valence-electron chi connectivity index (χ1n) is 4.80. The van der Waals surface area contributed by atoms with Crippen molar-refractivity contribution in [2.75, 3.05) is 0 Å². The number of hydrogen-bond donors (Lipinski definition) is 1. The summed E-state index contributed by atoms with van der Waals surface area (Å²) >= 11 is 0. The Bertz CT molecular complexity index is 609. The van der Waals surface area contributed by atoms with Crippen LogP contribution in [-0.4, -0.2) is 20.6 Å². The standard InChI is InChI=1S/C11H10N2O3.ClH/c1-7(11(15)16)13-6-4-9-8(10(13)14)3-2-5-12-9;/h2-7H,1H3,(H,15,16);1H. The lowest BCUT2D eigenvalue weighted by Gasteiger charge is -2.10. The Kier molecular flexibility index (Phi) is 3.85. The summed E-state index contributed by atoms with van der Waals surface area (Å²) in [6.45, 7) is 1.46. The zero-order valence-electron chi connectivity index (χ0n) is 9.03. The van der Waals surface area contributed by atoms with Crippen LogP contribution in [0.4, 0.5) is 0 Å². The Hall–Kier alpha value is -1.88. The number of aliphatic carboxylic acids is 1. The van der Waals surface area contributed by atoms with Crippen LogP contribution >= 0.6 is 12.4 Å². The summed E-state index contributed by atoms with van der Waals surface area (Å²) in [6, 6.07) is 4.04. The van der Waals surface area contributed by atoms with Crippen molar-refractivity contribution in [2.24, 2.45) is 0 Å². The fourth-order valence-electron chi connectivity index (χ4n) is 1.51. The number of nitrogens with zero attached hydrogens (tertiary/aromatic N) is 2. The van der Waals surface area contributed by atoms with Gasteiger partial charge in [0.2, 0.25) is 0 Å². The third-order valence-electron chi connectivity index (χ3n) is 2.47. The number of fused-ring (bicyclic) bond motifs is 1. The van der Waals surface area contributed by atoms with Gasteiger partial charge in [0.15, 0.2) is 0 Å². The lowest BCUT2D eigenvalue weighted by molar-refractivity contribution is -0.140. The second-order valence-electron chi connectivity index (χ2n) is 3.48. The van der Waals surface area contributed by atoms with Gasteiger partial charge in [0.25, 0.3) is 5.56 Å². The van der Waals surface area contributed by atoms with E-state index in [1.165, 1.54) is 17.7 Å². The van der Waals surface area contributed by atoms with Crippen molar-refractivity contribution >= 4 is 29.3 Å². The van der Waals surface area contributed by atoms with E-state index in [0.29, 0.717) is 10.9 Å². The fraction of sp³-hybridized carbons (Fsp3) is 0.182. The van der Waals surface area contributed by atoms with Gasteiger partial charge >= 0.3 is 5.97 Å². The molecule has 0 spiro atoms. The third kappa shape index (κ3) is 2.29. The molecule has 90 valence electrons. The molecule has 2 aromatic rings. The van der Waals surface area contributed by atoms with Crippen LogP contribution in [0.1, 0.15) is 13.0 Å². The summed E-state index contributed by atoms with van der Waals surface area (Å²) in [4.78, 5) is 26.8. The van der Waals surface area contributed by atoms with Gasteiger partial charge in [-0.3, -0.25) is 9.78 Å². The molecule has 0 amide bonds. The van der Waals surface area contributed by atoms with E-state index in [1.807, 2.05) is 0 Å². The molecule has 0 saturated heterocycles. The van der Waals surface area contributed by atoms with E-state index in [0.717, 1.165) is 0 Å². The molecule has 2 rings (SSSR count). The van der Waals surface area contributed by atoms with E-state index in [-0.39, 0.29) is 18.0 Å². The molecule has 0 saturated carbocycles. The molecular formula is C11H11ClN2O3. The maximum Gasteiger partial charge on any atom is 0.326 e. The predicted octanol–water partition coefficient (Wildman–Crippen LogP) is 1.46. The predicted molar refractivity (Wildman–Crippen MR) is 65.6 cm³/mol. The lowest BCUT2D eigenvalue weighted by atomic mass is 10.2. The number of pyridine rings is 2. The highest BCUT2D eigenvalue weighted by Crippen LogP contribution is 2.08. The molecule has 17 heavy (non-hydrogen) atoms. The molecule has 5 nitrogen and oxygen atoms in total. The van der Waals surface area contributed by atoms with Crippen molar-refractivity contribution in [2.45, 2.75) is 13.0 Å². The molecule has 0 bridgehead atoms. The summed E-state index contributed by atoms with van der Waals surface area (Å²) in [5.41, 5.74) is 0.238. The van der Waals surface area contributed by atoms with E-state index in [2.05, 4.69) is 4.98 Å². The van der Waals surface area contributed by atoms with Gasteiger partial charge < -0.3 is 9.67 Å². The average Bonchev–Trinajstić information content (AvgIpc) is 2.29. The van der Waals surface area contributed by atoms with E-state index in [9.17, 15) is 9.59 Å². The average molecular weight is 255 g/mol. The van der Waals surface area contributed by atoms with Crippen LogP contribution < -0.4 is 5.56 Å². The molecule has 2 heterocycles. The zero-order chi connectivity index (χ0) is 11.7. The van der Waals surface area contributed by atoms with Gasteiger partial charge in [-0.25, -0.2) is 4.79 Å². The van der Waals surface area contributed by atoms with Crippen LogP contribution in [-0.2, 0) is 4.79 Å². The highest BCUT2D eigenvalue weighted by molar-refractivity contribution is 5.85. The molecule has 1 unspecified atom stereocenters. The van der Waals surface area contributed by atoms with Gasteiger partial charge in [-0.05, 0) is 25.1 Å². The summed E-state index contributed by atoms with van der Waals surface area (Å²) < 4.78 is 1.19. The van der Waals surface area contributed by atoms with Gasteiger partial charge in [0, 0.05) is 12.4 Å². The van der Waals surface area contributed by atoms with Crippen molar-refractivity contribution in [1.29, 1.82) is 0 Å². The Labute approximate surface area is 103 Å². The minimum Gasteiger partial charge on any atom is -0.480 e. The number of rotatable bonds is 2. The molecule has 0 aromatic carbocycles. The minimum absolute atomic E-state index is 0. The lowest BCUT2D eigenvalue weighted by Crippen LogP contribution is -2.27. The second kappa shape index (κ2) is 4.97. The van der Waals surface area contributed by atoms with Crippen molar-refractivity contribution < 1.29 is 9.90 Å². The molecule has 6 heteroatoms. The van der Waals surface area contributed by atoms with Crippen LogP contribution in [0.25, 0.3) is 10.9 Å². The first kappa shape index (κ1) is 13.2. The quantitative estimate of drug-likeness (QED) is 0.881. The highest BCUT2D eigenvalue weighted by atomic mass is 35.5. The smallest absolute Gasteiger partial charge is 0.326 e. The summed E-state index contributed by atoms with van der Waals surface area (Å²) in [6.07, 6.45) is 3.04. The van der Waals surface area contributed by atoms with Crippen molar-refractivity contribution in [3.8, 4) is 0 Å². The molecule has 0 aliphatic rings. The second-order valence-corrected chi connectivity index (χ2v) is 3.48. The van der Waals surface area contributed by atoms with Crippen LogP contribution in [0.3, 0.4) is 0 Å². The molecule has 1 N–H and O–H groups in total. The molecule has 1 atom stereocenters. The maximum absolute atomic E-state index is 11.9. The van der Waals surface area contributed by atoms with Crippen molar-refractivity contribution in [3.05, 3.63) is 40.9 Å². The minimum atomic E-state index is -1.04. The Balaban J connectivity index is 0.00000144. The molecule has 0 radical (unpaired) electrons. The highest BCUT2D eigenvalue weighted by Gasteiger charge is 2.15. The van der Waals surface area contributed by atoms with E-state index in [1.54, 1.807) is 24.4 Å². The largest absolute Gasteiger partial charge is 0.480 e. The van der Waals surface area contributed by atoms with E-state index < -0.39 is 12.0 Å². The van der Waals surface area contributed by atoms with Gasteiger partial charge in [0.05, 0.1) is 10.9 Å². The number of aromatic nitrogens is 2. The van der Waals surface area contributed by atoms with Crippen LogP contribution in [0, 0.1) is 0 Å². The van der Waals surface area contributed by atoms with E-state index in [4.69, 9.17) is 5.11 Å². The number of carboxylic acids is 1. The molecule has 0 fully saturated rings. The Morgan fingerprint density at radius 1 is 1.47 bits per heavy atom. The monoisotopic (exact) mass is 254 g/mol. The van der Waals surface area contributed by atoms with Gasteiger partial charge in [-0.1, -0.05) is 0 Å². The Morgan fingerprint density at radius 3 is 2.82 bits per heavy atom. The maximum atomic E-state index is 11.9. The summed E-state index contributed by atoms with van der Waals surface area (Å²) in [5.74, 6) is -1.04. The normalized spacial score (nSPS) is 11.8. The van der Waals surface area contributed by atoms with Crippen molar-refractivity contribution in [1.82, 2.24) is 9.55 Å². The summed E-state index contributed by atoms with van der Waals surface area (Å²) in [7, 11) is 0. The molecule has 0 aliphatic carbocycles. The fourth-order valence-corrected chi connectivity index (χ4v) is 1.51. The number of carboxylic acid groups (broad SMARTS) is 1. The molecule has 2 aromatic heterocycles. The zero-order valence-corrected chi connectivity index (χ0v) is 9.85. The van der Waals surface area contributed by atoms with Crippen LogP contribution in [0.5, 0.6) is 0 Å². The Morgan fingerprint density at radius 2 is 2.18 bits per heavy atom. The third-order valence-corrected chi connectivity index (χ3v) is 2.47. The number of carbonyl (C=O) groups is 1.